The van der Waals surface area contributed by atoms with Gasteiger partial charge in [0.25, 0.3) is 5.56 Å². The summed E-state index contributed by atoms with van der Waals surface area (Å²) >= 11 is 0. The Kier molecular flexibility index (Phi) is 5.17. The molecule has 1 aromatic heterocycles. The van der Waals surface area contributed by atoms with E-state index < -0.39 is 34.8 Å². The van der Waals surface area contributed by atoms with Crippen LogP contribution in [0.5, 0.6) is 0 Å². The molecule has 0 aliphatic carbocycles. The van der Waals surface area contributed by atoms with Gasteiger partial charge in [0.2, 0.25) is 11.8 Å². The fraction of sp³-hybridized carbons (Fsp3) is 0.294. The maximum atomic E-state index is 13.0. The molecule has 2 heterocycles. The standard InChI is InChI=1S/C17H17FN4O5/c1-27-7-6-22-14-13(16(25)21-17(22)26)11(8-12(23)20-14)15(24)19-10-4-2-9(18)3-5-10/h2-5,11H,6-8H2,1H3,(H,19,24)(H,20,23)(H,21,25,26). The van der Waals surface area contributed by atoms with Gasteiger partial charge in [-0.25, -0.2) is 9.18 Å². The van der Waals surface area contributed by atoms with Crippen LogP contribution in [0.25, 0.3) is 0 Å². The minimum Gasteiger partial charge on any atom is -0.383 e. The van der Waals surface area contributed by atoms with Crippen molar-refractivity contribution in [2.75, 3.05) is 24.4 Å². The maximum Gasteiger partial charge on any atom is 0.330 e. The summed E-state index contributed by atoms with van der Waals surface area (Å²) in [6.07, 6.45) is -0.258. The Morgan fingerprint density at radius 1 is 1.30 bits per heavy atom. The smallest absolute Gasteiger partial charge is 0.330 e. The normalized spacial score (nSPS) is 15.8. The lowest BCUT2D eigenvalue weighted by atomic mass is 9.92. The highest BCUT2D eigenvalue weighted by Crippen LogP contribution is 2.29. The molecule has 0 radical (unpaired) electrons. The number of benzene rings is 1. The Hall–Kier alpha value is -3.27. The quantitative estimate of drug-likeness (QED) is 0.697. The van der Waals surface area contributed by atoms with E-state index in [9.17, 15) is 23.6 Å². The second-order valence-corrected chi connectivity index (χ2v) is 5.97. The zero-order chi connectivity index (χ0) is 19.6. The zero-order valence-corrected chi connectivity index (χ0v) is 14.4. The summed E-state index contributed by atoms with van der Waals surface area (Å²) in [6, 6.07) is 5.07. The lowest BCUT2D eigenvalue weighted by molar-refractivity contribution is -0.123. The van der Waals surface area contributed by atoms with Crippen LogP contribution in [0.3, 0.4) is 0 Å². The molecule has 1 atom stereocenters. The van der Waals surface area contributed by atoms with Crippen molar-refractivity contribution in [2.24, 2.45) is 0 Å². The predicted octanol–water partition coefficient (Wildman–Crippen LogP) is 0.387. The molecule has 1 aromatic carbocycles. The number of carbonyl (C=O) groups is 2. The van der Waals surface area contributed by atoms with Crippen LogP contribution in [0.15, 0.2) is 33.9 Å². The van der Waals surface area contributed by atoms with Gasteiger partial charge < -0.3 is 15.4 Å². The number of methoxy groups -OCH3 is 1. The third kappa shape index (κ3) is 3.80. The number of fused-ring (bicyclic) bond motifs is 1. The van der Waals surface area contributed by atoms with Crippen LogP contribution in [0.1, 0.15) is 17.9 Å². The second-order valence-electron chi connectivity index (χ2n) is 5.97. The van der Waals surface area contributed by atoms with Crippen LogP contribution in [-0.2, 0) is 20.9 Å². The topological polar surface area (TPSA) is 122 Å². The molecule has 1 aliphatic rings. The first-order valence-electron chi connectivity index (χ1n) is 8.13. The molecule has 0 bridgehead atoms. The summed E-state index contributed by atoms with van der Waals surface area (Å²) < 4.78 is 19.1. The van der Waals surface area contributed by atoms with Crippen LogP contribution in [0.2, 0.25) is 0 Å². The van der Waals surface area contributed by atoms with E-state index in [1.165, 1.54) is 31.4 Å². The number of nitrogens with one attached hydrogen (secondary N) is 3. The van der Waals surface area contributed by atoms with Crippen LogP contribution in [0.4, 0.5) is 15.9 Å². The number of ether oxygens (including phenoxy) is 1. The monoisotopic (exact) mass is 376 g/mol. The third-order valence-corrected chi connectivity index (χ3v) is 4.18. The van der Waals surface area contributed by atoms with Gasteiger partial charge in [0.15, 0.2) is 0 Å². The molecule has 9 nitrogen and oxygen atoms in total. The second kappa shape index (κ2) is 7.54. The molecule has 142 valence electrons. The van der Waals surface area contributed by atoms with Crippen LogP contribution in [-0.4, -0.2) is 35.1 Å². The number of amides is 2. The first kappa shape index (κ1) is 18.5. The number of rotatable bonds is 5. The molecule has 1 unspecified atom stereocenters. The molecular formula is C17H17FN4O5. The average Bonchev–Trinajstić information content (AvgIpc) is 2.62. The van der Waals surface area contributed by atoms with Crippen LogP contribution in [0, 0.1) is 5.82 Å². The highest BCUT2D eigenvalue weighted by molar-refractivity contribution is 6.04. The van der Waals surface area contributed by atoms with Crippen molar-refractivity contribution in [1.29, 1.82) is 0 Å². The average molecular weight is 376 g/mol. The number of halogens is 1. The van der Waals surface area contributed by atoms with Crippen molar-refractivity contribution in [3.63, 3.8) is 0 Å². The van der Waals surface area contributed by atoms with E-state index in [0.717, 1.165) is 4.57 Å². The molecule has 0 spiro atoms. The minimum atomic E-state index is -1.10. The van der Waals surface area contributed by atoms with E-state index in [1.54, 1.807) is 0 Å². The number of nitrogens with zero attached hydrogens (tertiary/aromatic N) is 1. The van der Waals surface area contributed by atoms with Gasteiger partial charge in [-0.2, -0.15) is 0 Å². The number of carbonyl (C=O) groups excluding carboxylic acids is 2. The predicted molar refractivity (Wildman–Crippen MR) is 94.2 cm³/mol. The number of hydrogen-bond acceptors (Lipinski definition) is 5. The number of aromatic amines is 1. The van der Waals surface area contributed by atoms with E-state index in [0.29, 0.717) is 5.69 Å². The highest BCUT2D eigenvalue weighted by Gasteiger charge is 2.35. The Bertz CT molecular complexity index is 996. The largest absolute Gasteiger partial charge is 0.383 e. The highest BCUT2D eigenvalue weighted by atomic mass is 19.1. The van der Waals surface area contributed by atoms with Crippen LogP contribution >= 0.6 is 0 Å². The van der Waals surface area contributed by atoms with Crippen molar-refractivity contribution in [3.8, 4) is 0 Å². The zero-order valence-electron chi connectivity index (χ0n) is 14.4. The van der Waals surface area contributed by atoms with Crippen molar-refractivity contribution in [1.82, 2.24) is 9.55 Å². The molecule has 0 saturated heterocycles. The summed E-state index contributed by atoms with van der Waals surface area (Å²) in [7, 11) is 1.45. The molecule has 10 heteroatoms. The van der Waals surface area contributed by atoms with Gasteiger partial charge in [0.1, 0.15) is 11.6 Å². The molecule has 0 fully saturated rings. The number of anilines is 2. The summed E-state index contributed by atoms with van der Waals surface area (Å²) in [5, 5.41) is 5.05. The van der Waals surface area contributed by atoms with E-state index in [4.69, 9.17) is 4.74 Å². The van der Waals surface area contributed by atoms with E-state index in [1.807, 2.05) is 0 Å². The first-order valence-corrected chi connectivity index (χ1v) is 8.13. The van der Waals surface area contributed by atoms with Gasteiger partial charge in [0, 0.05) is 19.2 Å². The van der Waals surface area contributed by atoms with Crippen molar-refractivity contribution < 1.29 is 18.7 Å². The molecule has 1 aliphatic heterocycles. The summed E-state index contributed by atoms with van der Waals surface area (Å²) in [5.41, 5.74) is -1.15. The molecule has 3 N–H and O–H groups in total. The van der Waals surface area contributed by atoms with Crippen LogP contribution < -0.4 is 21.9 Å². The lowest BCUT2D eigenvalue weighted by Crippen LogP contribution is -2.43. The molecule has 2 amide bonds. The third-order valence-electron chi connectivity index (χ3n) is 4.18. The molecule has 0 saturated carbocycles. The summed E-state index contributed by atoms with van der Waals surface area (Å²) in [6.45, 7) is 0.252. The van der Waals surface area contributed by atoms with Gasteiger partial charge in [-0.1, -0.05) is 0 Å². The van der Waals surface area contributed by atoms with Crippen molar-refractivity contribution >= 4 is 23.3 Å². The van der Waals surface area contributed by atoms with Gasteiger partial charge in [-0.3, -0.25) is 23.9 Å². The summed E-state index contributed by atoms with van der Waals surface area (Å²) in [5.74, 6) is -2.69. The van der Waals surface area contributed by atoms with E-state index >= 15 is 0 Å². The fourth-order valence-corrected chi connectivity index (χ4v) is 2.90. The van der Waals surface area contributed by atoms with E-state index in [2.05, 4.69) is 15.6 Å². The first-order chi connectivity index (χ1) is 12.9. The van der Waals surface area contributed by atoms with Gasteiger partial charge in [-0.15, -0.1) is 0 Å². The molecule has 2 aromatic rings. The van der Waals surface area contributed by atoms with Gasteiger partial charge >= 0.3 is 5.69 Å². The van der Waals surface area contributed by atoms with Crippen molar-refractivity contribution in [3.05, 3.63) is 56.5 Å². The fourth-order valence-electron chi connectivity index (χ4n) is 2.90. The van der Waals surface area contributed by atoms with Gasteiger partial charge in [0.05, 0.1) is 24.6 Å². The molecule has 3 rings (SSSR count). The number of aromatic nitrogens is 2. The van der Waals surface area contributed by atoms with E-state index in [-0.39, 0.29) is 31.0 Å². The number of hydrogen-bond donors (Lipinski definition) is 3. The minimum absolute atomic E-state index is 0.00934. The Balaban J connectivity index is 2.00. The lowest BCUT2D eigenvalue weighted by Gasteiger charge is -2.26. The van der Waals surface area contributed by atoms with Gasteiger partial charge in [-0.05, 0) is 24.3 Å². The number of H-pyrrole nitrogens is 1. The summed E-state index contributed by atoms with van der Waals surface area (Å²) in [4.78, 5) is 51.4. The molecular weight excluding hydrogens is 359 g/mol. The maximum absolute atomic E-state index is 13.0. The Labute approximate surface area is 152 Å². The Morgan fingerprint density at radius 3 is 2.67 bits per heavy atom. The van der Waals surface area contributed by atoms with Crippen molar-refractivity contribution in [2.45, 2.75) is 18.9 Å². The molecule has 27 heavy (non-hydrogen) atoms. The SMILES string of the molecule is COCCn1c2c(c(=O)[nH]c1=O)C(C(=O)Nc1ccc(F)cc1)CC(=O)N2. The Morgan fingerprint density at radius 2 is 2.00 bits per heavy atom.